The number of carbonyl (C=O) groups excluding carboxylic acids is 5. The van der Waals surface area contributed by atoms with Gasteiger partial charge in [-0.25, -0.2) is 14.4 Å². The highest BCUT2D eigenvalue weighted by molar-refractivity contribution is 5.93. The monoisotopic (exact) mass is 468 g/mol. The third-order valence-corrected chi connectivity index (χ3v) is 3.78. The second-order valence-electron chi connectivity index (χ2n) is 7.94. The maximum atomic E-state index is 12.9. The molecule has 0 aromatic heterocycles. The summed E-state index contributed by atoms with van der Waals surface area (Å²) in [6.07, 6.45) is -1.91. The Morgan fingerprint density at radius 2 is 1.64 bits per heavy atom. The highest BCUT2D eigenvalue weighted by Gasteiger charge is 2.35. The summed E-state index contributed by atoms with van der Waals surface area (Å²) in [5.41, 5.74) is -0.505. The maximum Gasteiger partial charge on any atom is 0.408 e. The predicted octanol–water partition coefficient (Wildman–Crippen LogP) is 1.68. The molecule has 0 aliphatic carbocycles. The molecular weight excluding hydrogens is 436 g/mol. The lowest BCUT2D eigenvalue weighted by Crippen LogP contribution is -2.56. The molecule has 0 saturated carbocycles. The van der Waals surface area contributed by atoms with Crippen molar-refractivity contribution in [3.05, 3.63) is 37.1 Å². The molecule has 33 heavy (non-hydrogen) atoms. The fourth-order valence-corrected chi connectivity index (χ4v) is 2.14. The number of ether oxygens (including phenoxy) is 4. The molecule has 2 amide bonds. The third kappa shape index (κ3) is 11.5. The van der Waals surface area contributed by atoms with Gasteiger partial charge < -0.3 is 29.6 Å². The van der Waals surface area contributed by atoms with Gasteiger partial charge in [0.05, 0.1) is 13.5 Å². The largest absolute Gasteiger partial charge is 0.467 e. The normalized spacial score (nSPS) is 13.3. The molecule has 0 aromatic carbocycles. The molecule has 0 radical (unpaired) electrons. The summed E-state index contributed by atoms with van der Waals surface area (Å²) in [5.74, 6) is -3.65. The first-order valence-electron chi connectivity index (χ1n) is 9.87. The average molecular weight is 469 g/mol. The van der Waals surface area contributed by atoms with Crippen molar-refractivity contribution in [2.45, 2.75) is 64.8 Å². The van der Waals surface area contributed by atoms with Crippen LogP contribution in [0.5, 0.6) is 0 Å². The van der Waals surface area contributed by atoms with Crippen LogP contribution < -0.4 is 10.6 Å². The summed E-state index contributed by atoms with van der Waals surface area (Å²) in [7, 11) is 1.07. The van der Waals surface area contributed by atoms with E-state index in [2.05, 4.69) is 35.1 Å². The van der Waals surface area contributed by atoms with Crippen LogP contribution in [0.2, 0.25) is 0 Å². The van der Waals surface area contributed by atoms with Crippen LogP contribution >= 0.6 is 0 Å². The van der Waals surface area contributed by atoms with Crippen molar-refractivity contribution in [3.63, 3.8) is 0 Å². The number of amides is 2. The van der Waals surface area contributed by atoms with E-state index in [4.69, 9.17) is 14.2 Å². The van der Waals surface area contributed by atoms with Crippen molar-refractivity contribution in [2.75, 3.05) is 7.11 Å². The first kappa shape index (κ1) is 29.4. The fourth-order valence-electron chi connectivity index (χ4n) is 2.14. The summed E-state index contributed by atoms with van der Waals surface area (Å²) in [5, 5.41) is 4.56. The number of alkyl carbamates (subject to hydrolysis) is 1. The first-order chi connectivity index (χ1) is 15.1. The van der Waals surface area contributed by atoms with E-state index >= 15 is 0 Å². The highest BCUT2D eigenvalue weighted by atomic mass is 16.6. The number of nitrogens with one attached hydrogen (secondary N) is 2. The number of allylic oxidation sites excluding steroid dienone is 1. The molecule has 0 aliphatic heterocycles. The zero-order valence-corrected chi connectivity index (χ0v) is 19.8. The maximum absolute atomic E-state index is 12.9. The highest BCUT2D eigenvalue weighted by Crippen LogP contribution is 2.11. The fraction of sp³-hybridized carbons (Fsp3) is 0.500. The van der Waals surface area contributed by atoms with Crippen molar-refractivity contribution >= 4 is 29.9 Å². The van der Waals surface area contributed by atoms with Gasteiger partial charge in [-0.15, -0.1) is 0 Å². The summed E-state index contributed by atoms with van der Waals surface area (Å²) in [4.78, 5) is 61.0. The number of methoxy groups -OCH3 is 1. The number of esters is 3. The lowest BCUT2D eigenvalue weighted by molar-refractivity contribution is -0.155. The Hall–Kier alpha value is -3.63. The van der Waals surface area contributed by atoms with E-state index in [1.165, 1.54) is 6.92 Å². The van der Waals surface area contributed by atoms with Crippen LogP contribution in [-0.4, -0.2) is 60.8 Å². The van der Waals surface area contributed by atoms with Gasteiger partial charge in [0.1, 0.15) is 23.5 Å². The number of rotatable bonds is 11. The first-order valence-corrected chi connectivity index (χ1v) is 9.87. The Labute approximate surface area is 193 Å². The SMILES string of the molecule is C=CC(=O)O[C@H](C)[C@H](NC(=O)[C@H](CC(=O)OC(=C)C(=C)C)NC(=O)OC(C)(C)C)C(=O)OC. The molecule has 0 unspecified atom stereocenters. The molecule has 11 heteroatoms. The second kappa shape index (κ2) is 13.0. The Balaban J connectivity index is 5.69. The van der Waals surface area contributed by atoms with Crippen molar-refractivity contribution in [1.29, 1.82) is 0 Å². The molecule has 184 valence electrons. The summed E-state index contributed by atoms with van der Waals surface area (Å²) in [6.45, 7) is 18.1. The Kier molecular flexibility index (Phi) is 11.6. The van der Waals surface area contributed by atoms with Crippen molar-refractivity contribution in [3.8, 4) is 0 Å². The minimum absolute atomic E-state index is 0.0196. The molecule has 0 heterocycles. The molecule has 0 bridgehead atoms. The van der Waals surface area contributed by atoms with Crippen LogP contribution in [0.25, 0.3) is 0 Å². The van der Waals surface area contributed by atoms with Gasteiger partial charge >= 0.3 is 24.0 Å². The van der Waals surface area contributed by atoms with E-state index in [0.717, 1.165) is 13.2 Å². The lowest BCUT2D eigenvalue weighted by Gasteiger charge is -2.26. The molecular formula is C22H32N2O9. The summed E-state index contributed by atoms with van der Waals surface area (Å²) >= 11 is 0. The quantitative estimate of drug-likeness (QED) is 0.152. The topological polar surface area (TPSA) is 146 Å². The van der Waals surface area contributed by atoms with E-state index in [-0.39, 0.29) is 5.76 Å². The van der Waals surface area contributed by atoms with Gasteiger partial charge in [0.15, 0.2) is 6.04 Å². The van der Waals surface area contributed by atoms with Crippen LogP contribution in [0.15, 0.2) is 37.1 Å². The second-order valence-corrected chi connectivity index (χ2v) is 7.94. The van der Waals surface area contributed by atoms with E-state index in [1.54, 1.807) is 27.7 Å². The summed E-state index contributed by atoms with van der Waals surface area (Å²) < 4.78 is 19.7. The molecule has 3 atom stereocenters. The molecule has 0 saturated heterocycles. The van der Waals surface area contributed by atoms with Crippen LogP contribution in [0.4, 0.5) is 4.79 Å². The van der Waals surface area contributed by atoms with Gasteiger partial charge in [0.25, 0.3) is 0 Å². The molecule has 11 nitrogen and oxygen atoms in total. The molecule has 0 fully saturated rings. The summed E-state index contributed by atoms with van der Waals surface area (Å²) in [6, 6.07) is -2.96. The Morgan fingerprint density at radius 1 is 1.06 bits per heavy atom. The minimum Gasteiger partial charge on any atom is -0.467 e. The molecule has 2 N–H and O–H groups in total. The van der Waals surface area contributed by atoms with E-state index in [9.17, 15) is 24.0 Å². The molecule has 0 aliphatic rings. The third-order valence-electron chi connectivity index (χ3n) is 3.78. The zero-order chi connectivity index (χ0) is 25.9. The predicted molar refractivity (Wildman–Crippen MR) is 118 cm³/mol. The van der Waals surface area contributed by atoms with Gasteiger partial charge in [0.2, 0.25) is 5.91 Å². The van der Waals surface area contributed by atoms with Crippen LogP contribution in [0, 0.1) is 0 Å². The average Bonchev–Trinajstić information content (AvgIpc) is 2.68. The van der Waals surface area contributed by atoms with Crippen LogP contribution in [0.1, 0.15) is 41.0 Å². The van der Waals surface area contributed by atoms with Crippen LogP contribution in [0.3, 0.4) is 0 Å². The lowest BCUT2D eigenvalue weighted by atomic mass is 10.1. The minimum atomic E-state index is -1.51. The van der Waals surface area contributed by atoms with E-state index in [0.29, 0.717) is 5.57 Å². The van der Waals surface area contributed by atoms with Crippen molar-refractivity contribution < 1.29 is 42.9 Å². The van der Waals surface area contributed by atoms with E-state index in [1.807, 2.05) is 0 Å². The standard InChI is InChI=1S/C22H32N2O9/c1-10-16(25)32-14(5)18(20(28)30-9)24-19(27)15(23-21(29)33-22(6,7)8)11-17(26)31-13(4)12(2)3/h10,14-15,18H,1-2,4,11H2,3,5-9H3,(H,23,29)(H,24,27)/t14-,15+,18+/m1/s1. The number of hydrogen-bond donors (Lipinski definition) is 2. The van der Waals surface area contributed by atoms with Gasteiger partial charge in [-0.05, 0) is 40.2 Å². The number of carbonyl (C=O) groups is 5. The van der Waals surface area contributed by atoms with E-state index < -0.39 is 60.1 Å². The van der Waals surface area contributed by atoms with Crippen molar-refractivity contribution in [2.24, 2.45) is 0 Å². The molecule has 0 spiro atoms. The Morgan fingerprint density at radius 3 is 2.09 bits per heavy atom. The Bertz CT molecular complexity index is 811. The van der Waals surface area contributed by atoms with Crippen LogP contribution in [-0.2, 0) is 38.1 Å². The van der Waals surface area contributed by atoms with Gasteiger partial charge in [-0.1, -0.05) is 19.7 Å². The van der Waals surface area contributed by atoms with Gasteiger partial charge in [0, 0.05) is 6.08 Å². The zero-order valence-electron chi connectivity index (χ0n) is 19.8. The molecule has 0 aromatic rings. The van der Waals surface area contributed by atoms with Crippen molar-refractivity contribution in [1.82, 2.24) is 10.6 Å². The number of hydrogen-bond acceptors (Lipinski definition) is 9. The van der Waals surface area contributed by atoms with Gasteiger partial charge in [-0.3, -0.25) is 9.59 Å². The smallest absolute Gasteiger partial charge is 0.408 e. The van der Waals surface area contributed by atoms with Gasteiger partial charge in [-0.2, -0.15) is 0 Å². The molecule has 0 rings (SSSR count).